The van der Waals surface area contributed by atoms with Crippen LogP contribution in [0.4, 0.5) is 4.39 Å². The summed E-state index contributed by atoms with van der Waals surface area (Å²) in [7, 11) is 0. The van der Waals surface area contributed by atoms with Crippen molar-refractivity contribution >= 4 is 21.7 Å². The van der Waals surface area contributed by atoms with E-state index < -0.39 is 5.41 Å². The van der Waals surface area contributed by atoms with Crippen molar-refractivity contribution in [3.05, 3.63) is 77.7 Å². The summed E-state index contributed by atoms with van der Waals surface area (Å²) in [5, 5.41) is 21.4. The van der Waals surface area contributed by atoms with Crippen LogP contribution in [0.25, 0.3) is 21.7 Å². The molecule has 186 valence electrons. The van der Waals surface area contributed by atoms with Gasteiger partial charge in [-0.2, -0.15) is 10.4 Å². The lowest BCUT2D eigenvalue weighted by Crippen LogP contribution is -2.35. The average molecular weight is 483 g/mol. The smallest absolute Gasteiger partial charge is 0.125 e. The fourth-order valence-electron chi connectivity index (χ4n) is 5.92. The van der Waals surface area contributed by atoms with E-state index in [-0.39, 0.29) is 5.82 Å². The minimum absolute atomic E-state index is 0.244. The Hall–Kier alpha value is -3.23. The van der Waals surface area contributed by atoms with Gasteiger partial charge in [0.15, 0.2) is 0 Å². The maximum atomic E-state index is 13.5. The Bertz CT molecular complexity index is 1360. The fraction of sp³-hybridized carbons (Fsp3) is 0.419. The Labute approximate surface area is 213 Å². The normalized spacial score (nSPS) is 16.8. The number of benzene rings is 3. The number of fused-ring (bicyclic) bond motifs is 2. The van der Waals surface area contributed by atoms with Crippen molar-refractivity contribution in [2.24, 2.45) is 0 Å². The topological polar surface area (TPSA) is 55.7 Å². The van der Waals surface area contributed by atoms with Gasteiger partial charge in [-0.25, -0.2) is 4.39 Å². The highest BCUT2D eigenvalue weighted by atomic mass is 19.1. The van der Waals surface area contributed by atoms with Crippen LogP contribution in [0.15, 0.2) is 60.7 Å². The van der Waals surface area contributed by atoms with Crippen molar-refractivity contribution in [3.63, 3.8) is 0 Å². The van der Waals surface area contributed by atoms with Gasteiger partial charge in [-0.15, -0.1) is 0 Å². The largest absolute Gasteiger partial charge is 0.303 e. The molecule has 1 saturated heterocycles. The molecule has 1 atom stereocenters. The highest BCUT2D eigenvalue weighted by Crippen LogP contribution is 2.37. The number of hydrogen-bond acceptors (Lipinski definition) is 3. The Morgan fingerprint density at radius 2 is 1.81 bits per heavy atom. The summed E-state index contributed by atoms with van der Waals surface area (Å²) >= 11 is 0. The van der Waals surface area contributed by atoms with Crippen molar-refractivity contribution in [2.75, 3.05) is 19.6 Å². The second-order valence-corrected chi connectivity index (χ2v) is 10.4. The molecule has 1 aliphatic rings. The molecule has 3 aromatic carbocycles. The maximum Gasteiger partial charge on any atom is 0.125 e. The molecule has 4 nitrogen and oxygen atoms in total. The van der Waals surface area contributed by atoms with E-state index >= 15 is 0 Å². The van der Waals surface area contributed by atoms with E-state index in [0.29, 0.717) is 11.4 Å². The monoisotopic (exact) mass is 482 g/mol. The van der Waals surface area contributed by atoms with Crippen LogP contribution in [0.2, 0.25) is 0 Å². The number of halogens is 1. The molecule has 2 heterocycles. The first-order chi connectivity index (χ1) is 17.6. The molecule has 1 aromatic heterocycles. The summed E-state index contributed by atoms with van der Waals surface area (Å²) in [6.07, 6.45) is 7.11. The van der Waals surface area contributed by atoms with E-state index in [0.717, 1.165) is 75.7 Å². The minimum atomic E-state index is -0.428. The van der Waals surface area contributed by atoms with Crippen LogP contribution in [-0.4, -0.2) is 34.7 Å². The van der Waals surface area contributed by atoms with Crippen LogP contribution in [0.1, 0.15) is 69.0 Å². The molecule has 5 rings (SSSR count). The van der Waals surface area contributed by atoms with Crippen LogP contribution in [-0.2, 0) is 5.41 Å². The number of nitriles is 1. The standard InChI is InChI=1S/C31H35FN4/c1-2-3-15-31(22-33,26-10-9-23-7-4-5-8-25(23)20-26)16-6-17-36-18-13-24(14-19-36)30-28-12-11-27(32)21-29(28)34-35-30/h4-5,7-12,20-21,24H,2-3,6,13-19H2,1H3,(H,34,35). The van der Waals surface area contributed by atoms with Crippen molar-refractivity contribution < 1.29 is 4.39 Å². The molecule has 4 aromatic rings. The van der Waals surface area contributed by atoms with Gasteiger partial charge in [-0.1, -0.05) is 56.2 Å². The number of hydrogen-bond donors (Lipinski definition) is 1. The van der Waals surface area contributed by atoms with Gasteiger partial charge in [-0.3, -0.25) is 5.10 Å². The molecule has 36 heavy (non-hydrogen) atoms. The highest BCUT2D eigenvalue weighted by Gasteiger charge is 2.32. The van der Waals surface area contributed by atoms with Crippen molar-refractivity contribution in [3.8, 4) is 6.07 Å². The Morgan fingerprint density at radius 1 is 1.03 bits per heavy atom. The molecule has 0 aliphatic carbocycles. The van der Waals surface area contributed by atoms with Crippen molar-refractivity contribution in [1.82, 2.24) is 15.1 Å². The number of likely N-dealkylation sites (tertiary alicyclic amines) is 1. The molecular formula is C31H35FN4. The van der Waals surface area contributed by atoms with Gasteiger partial charge in [0.05, 0.1) is 17.0 Å². The summed E-state index contributed by atoms with van der Waals surface area (Å²) in [6, 6.07) is 22.6. The summed E-state index contributed by atoms with van der Waals surface area (Å²) in [4.78, 5) is 2.54. The van der Waals surface area contributed by atoms with Gasteiger partial charge in [0.2, 0.25) is 0 Å². The Balaban J connectivity index is 1.22. The molecule has 1 fully saturated rings. The zero-order chi connectivity index (χ0) is 25.0. The molecule has 5 heteroatoms. The van der Waals surface area contributed by atoms with Gasteiger partial charge in [0.1, 0.15) is 5.82 Å². The number of H-pyrrole nitrogens is 1. The number of aromatic nitrogens is 2. The molecule has 0 bridgehead atoms. The maximum absolute atomic E-state index is 13.5. The number of rotatable bonds is 9. The fourth-order valence-corrected chi connectivity index (χ4v) is 5.92. The van der Waals surface area contributed by atoms with E-state index in [2.05, 4.69) is 70.6 Å². The number of nitrogens with one attached hydrogen (secondary N) is 1. The zero-order valence-electron chi connectivity index (χ0n) is 21.1. The number of aromatic amines is 1. The van der Waals surface area contributed by atoms with E-state index in [1.54, 1.807) is 0 Å². The zero-order valence-corrected chi connectivity index (χ0v) is 21.1. The Kier molecular flexibility index (Phi) is 7.34. The van der Waals surface area contributed by atoms with E-state index in [1.807, 2.05) is 6.07 Å². The first kappa shape index (κ1) is 24.5. The van der Waals surface area contributed by atoms with E-state index in [1.165, 1.54) is 28.5 Å². The highest BCUT2D eigenvalue weighted by molar-refractivity contribution is 5.83. The second-order valence-electron chi connectivity index (χ2n) is 10.4. The predicted molar refractivity (Wildman–Crippen MR) is 144 cm³/mol. The summed E-state index contributed by atoms with van der Waals surface area (Å²) in [6.45, 7) is 5.30. The van der Waals surface area contributed by atoms with Crippen LogP contribution in [0, 0.1) is 17.1 Å². The number of piperidine rings is 1. The molecule has 0 amide bonds. The van der Waals surface area contributed by atoms with Gasteiger partial charge in [-0.05, 0) is 86.3 Å². The molecule has 0 radical (unpaired) electrons. The molecule has 1 aliphatic heterocycles. The average Bonchev–Trinajstić information content (AvgIpc) is 3.34. The third-order valence-electron chi connectivity index (χ3n) is 8.09. The number of unbranched alkanes of at least 4 members (excludes halogenated alkanes) is 1. The lowest BCUT2D eigenvalue weighted by Gasteiger charge is -2.33. The summed E-state index contributed by atoms with van der Waals surface area (Å²) in [5.74, 6) is 0.184. The van der Waals surface area contributed by atoms with Gasteiger partial charge in [0.25, 0.3) is 0 Å². The van der Waals surface area contributed by atoms with Gasteiger partial charge in [0, 0.05) is 23.1 Å². The quantitative estimate of drug-likeness (QED) is 0.269. The van der Waals surface area contributed by atoms with Crippen molar-refractivity contribution in [2.45, 2.75) is 63.2 Å². The van der Waals surface area contributed by atoms with Gasteiger partial charge < -0.3 is 4.90 Å². The summed E-state index contributed by atoms with van der Waals surface area (Å²) in [5.41, 5.74) is 2.59. The molecule has 0 spiro atoms. The first-order valence-electron chi connectivity index (χ1n) is 13.4. The molecule has 0 saturated carbocycles. The minimum Gasteiger partial charge on any atom is -0.303 e. The lowest BCUT2D eigenvalue weighted by atomic mass is 9.73. The third-order valence-corrected chi connectivity index (χ3v) is 8.09. The second kappa shape index (κ2) is 10.8. The third kappa shape index (κ3) is 5.01. The lowest BCUT2D eigenvalue weighted by molar-refractivity contribution is 0.203. The van der Waals surface area contributed by atoms with Crippen LogP contribution in [0.3, 0.4) is 0 Å². The summed E-state index contributed by atoms with van der Waals surface area (Å²) < 4.78 is 13.5. The van der Waals surface area contributed by atoms with E-state index in [9.17, 15) is 9.65 Å². The first-order valence-corrected chi connectivity index (χ1v) is 13.4. The van der Waals surface area contributed by atoms with Crippen LogP contribution >= 0.6 is 0 Å². The molecule has 1 unspecified atom stereocenters. The Morgan fingerprint density at radius 3 is 2.58 bits per heavy atom. The number of nitrogens with zero attached hydrogens (tertiary/aromatic N) is 3. The SMILES string of the molecule is CCCCC(C#N)(CCCN1CCC(c2[nH]nc3cc(F)ccc23)CC1)c1ccc2ccccc2c1. The van der Waals surface area contributed by atoms with Crippen LogP contribution in [0.5, 0.6) is 0 Å². The molecular weight excluding hydrogens is 447 g/mol. The van der Waals surface area contributed by atoms with Crippen molar-refractivity contribution in [1.29, 1.82) is 5.26 Å². The van der Waals surface area contributed by atoms with E-state index in [4.69, 9.17) is 0 Å². The molecule has 1 N–H and O–H groups in total. The van der Waals surface area contributed by atoms with Crippen LogP contribution < -0.4 is 0 Å². The van der Waals surface area contributed by atoms with Gasteiger partial charge >= 0.3 is 0 Å². The predicted octanol–water partition coefficient (Wildman–Crippen LogP) is 7.47.